The Bertz CT molecular complexity index is 1230. The van der Waals surface area contributed by atoms with E-state index >= 15 is 0 Å². The molecule has 3 aromatic heterocycles. The van der Waals surface area contributed by atoms with Gasteiger partial charge in [-0.2, -0.15) is 0 Å². The van der Waals surface area contributed by atoms with Gasteiger partial charge in [-0.15, -0.1) is 11.8 Å². The second-order valence-electron chi connectivity index (χ2n) is 6.29. The molecule has 1 aromatic carbocycles. The number of nitrogens with zero attached hydrogens (tertiary/aromatic N) is 5. The average molecular weight is 579 g/mol. The van der Waals surface area contributed by atoms with E-state index in [1.807, 2.05) is 58.2 Å². The zero-order chi connectivity index (χ0) is 21.4. The summed E-state index contributed by atoms with van der Waals surface area (Å²) in [6.07, 6.45) is 2.86. The molecule has 1 unspecified atom stereocenters. The summed E-state index contributed by atoms with van der Waals surface area (Å²) in [5.74, 6) is -0.313. The molecule has 0 saturated carbocycles. The van der Waals surface area contributed by atoms with Gasteiger partial charge in [0, 0.05) is 23.6 Å². The van der Waals surface area contributed by atoms with E-state index in [-0.39, 0.29) is 17.4 Å². The number of pyridine rings is 1. The van der Waals surface area contributed by atoms with Crippen LogP contribution < -0.4 is 5.32 Å². The SMILES string of the molecule is CSc1cc(-c2cncn2C)ccc1Nc1cc(Cl)nc2c1nc(C(F)F)n2PI. The fraction of sp³-hybridized carbons (Fsp3) is 0.167. The first-order valence-corrected chi connectivity index (χ1v) is 14.2. The quantitative estimate of drug-likeness (QED) is 0.120. The molecule has 0 aliphatic heterocycles. The molecule has 4 aromatic rings. The van der Waals surface area contributed by atoms with Crippen LogP contribution in [0.5, 0.6) is 0 Å². The largest absolute Gasteiger partial charge is 0.353 e. The molecule has 0 spiro atoms. The van der Waals surface area contributed by atoms with Crippen molar-refractivity contribution in [2.45, 2.75) is 11.3 Å². The third-order valence-electron chi connectivity index (χ3n) is 4.47. The number of nitrogens with one attached hydrogen (secondary N) is 1. The van der Waals surface area contributed by atoms with Crippen molar-refractivity contribution in [2.24, 2.45) is 7.05 Å². The van der Waals surface area contributed by atoms with Gasteiger partial charge >= 0.3 is 0 Å². The fourth-order valence-electron chi connectivity index (χ4n) is 3.09. The van der Waals surface area contributed by atoms with Crippen LogP contribution in [0.15, 0.2) is 41.7 Å². The van der Waals surface area contributed by atoms with Crippen LogP contribution in [0.4, 0.5) is 20.2 Å². The van der Waals surface area contributed by atoms with Gasteiger partial charge in [-0.05, 0) is 40.4 Å². The zero-order valence-electron chi connectivity index (χ0n) is 15.7. The Morgan fingerprint density at radius 3 is 2.67 bits per heavy atom. The van der Waals surface area contributed by atoms with Crippen LogP contribution in [0.25, 0.3) is 22.4 Å². The van der Waals surface area contributed by atoms with E-state index in [0.29, 0.717) is 16.9 Å². The third kappa shape index (κ3) is 4.02. The summed E-state index contributed by atoms with van der Waals surface area (Å²) in [6, 6.07) is 7.58. The lowest BCUT2D eigenvalue weighted by atomic mass is 10.1. The summed E-state index contributed by atoms with van der Waals surface area (Å²) >= 11 is 9.80. The van der Waals surface area contributed by atoms with E-state index in [0.717, 1.165) is 21.8 Å². The van der Waals surface area contributed by atoms with Crippen LogP contribution in [0.3, 0.4) is 0 Å². The minimum atomic E-state index is -2.70. The number of fused-ring (bicyclic) bond motifs is 1. The van der Waals surface area contributed by atoms with E-state index in [1.54, 1.807) is 24.2 Å². The second-order valence-corrected chi connectivity index (χ2v) is 9.58. The van der Waals surface area contributed by atoms with Crippen LogP contribution in [0.2, 0.25) is 5.15 Å². The standard InChI is InChI=1S/C18H15ClF2IN6PS/c1-27-8-23-7-12(27)9-3-4-10(13(5-9)30-2)24-11-6-14(19)25-17-15(11)26-18(16(20)21)28(17)29-22/h3-8,16,29H,1-2H3,(H,24,25). The maximum atomic E-state index is 13.5. The molecule has 1 N–H and O–H groups in total. The summed E-state index contributed by atoms with van der Waals surface area (Å²) < 4.78 is 30.3. The molecule has 0 fully saturated rings. The van der Waals surface area contributed by atoms with E-state index in [2.05, 4.69) is 26.3 Å². The van der Waals surface area contributed by atoms with Crippen LogP contribution in [0, 0.1) is 0 Å². The highest BCUT2D eigenvalue weighted by atomic mass is 127. The molecule has 6 nitrogen and oxygen atoms in total. The first-order valence-electron chi connectivity index (χ1n) is 8.58. The van der Waals surface area contributed by atoms with Gasteiger partial charge in [0.05, 0.1) is 36.0 Å². The number of aromatic nitrogens is 5. The second kappa shape index (κ2) is 8.94. The van der Waals surface area contributed by atoms with Gasteiger partial charge in [0.15, 0.2) is 11.5 Å². The third-order valence-corrected chi connectivity index (χ3v) is 7.50. The number of anilines is 2. The van der Waals surface area contributed by atoms with Gasteiger partial charge in [0.1, 0.15) is 10.7 Å². The van der Waals surface area contributed by atoms with E-state index in [1.165, 1.54) is 4.34 Å². The van der Waals surface area contributed by atoms with Gasteiger partial charge < -0.3 is 9.88 Å². The highest BCUT2D eigenvalue weighted by Gasteiger charge is 2.22. The van der Waals surface area contributed by atoms with Crippen molar-refractivity contribution in [2.75, 3.05) is 11.6 Å². The highest BCUT2D eigenvalue weighted by Crippen LogP contribution is 2.39. The Hall–Kier alpha value is -1.49. The first-order chi connectivity index (χ1) is 14.4. The van der Waals surface area contributed by atoms with Gasteiger partial charge in [-0.3, -0.25) is 4.34 Å². The van der Waals surface area contributed by atoms with E-state index < -0.39 is 6.43 Å². The van der Waals surface area contributed by atoms with Crippen molar-refractivity contribution >= 4 is 74.3 Å². The predicted molar refractivity (Wildman–Crippen MR) is 129 cm³/mol. The topological polar surface area (TPSA) is 60.6 Å². The number of rotatable bonds is 6. The maximum absolute atomic E-state index is 13.5. The molecule has 0 bridgehead atoms. The van der Waals surface area contributed by atoms with Crippen molar-refractivity contribution in [3.8, 4) is 11.3 Å². The Labute approximate surface area is 195 Å². The lowest BCUT2D eigenvalue weighted by Crippen LogP contribution is -1.97. The number of benzene rings is 1. The van der Waals surface area contributed by atoms with Gasteiger partial charge in [0.2, 0.25) is 0 Å². The molecule has 1 atom stereocenters. The Morgan fingerprint density at radius 1 is 1.23 bits per heavy atom. The first kappa shape index (κ1) is 21.7. The Morgan fingerprint density at radius 2 is 2.03 bits per heavy atom. The number of halogens is 4. The monoisotopic (exact) mass is 578 g/mol. The molecule has 0 aliphatic rings. The normalized spacial score (nSPS) is 12.0. The molecule has 0 aliphatic carbocycles. The molecular weight excluding hydrogens is 564 g/mol. The van der Waals surface area contributed by atoms with Crippen LogP contribution >= 0.6 is 51.8 Å². The number of thioether (sulfide) groups is 1. The molecule has 0 amide bonds. The number of imidazole rings is 2. The Kier molecular flexibility index (Phi) is 6.47. The number of hydrogen-bond acceptors (Lipinski definition) is 5. The predicted octanol–water partition coefficient (Wildman–Crippen LogP) is 6.68. The summed E-state index contributed by atoms with van der Waals surface area (Å²) in [5, 5.41) is 3.52. The van der Waals surface area contributed by atoms with Gasteiger partial charge in [-0.25, -0.2) is 23.7 Å². The number of aryl methyl sites for hydroxylation is 1. The minimum Gasteiger partial charge on any atom is -0.353 e. The van der Waals surface area contributed by atoms with Crippen molar-refractivity contribution in [3.63, 3.8) is 0 Å². The van der Waals surface area contributed by atoms with Crippen LogP contribution in [0.1, 0.15) is 12.2 Å². The molecular formula is C18H15ClF2IN6PS. The zero-order valence-corrected chi connectivity index (χ0v) is 20.4. The summed E-state index contributed by atoms with van der Waals surface area (Å²) in [4.78, 5) is 13.5. The molecule has 156 valence electrons. The summed E-state index contributed by atoms with van der Waals surface area (Å²) in [5.41, 5.74) is 4.07. The van der Waals surface area contributed by atoms with Crippen molar-refractivity contribution < 1.29 is 8.78 Å². The highest BCUT2D eigenvalue weighted by molar-refractivity contribution is 14.2. The number of alkyl halides is 2. The fourth-order valence-corrected chi connectivity index (χ4v) is 5.76. The summed E-state index contributed by atoms with van der Waals surface area (Å²) in [6.45, 7) is 0. The molecule has 30 heavy (non-hydrogen) atoms. The van der Waals surface area contributed by atoms with Crippen molar-refractivity contribution in [1.82, 2.24) is 23.9 Å². The molecule has 4 rings (SSSR count). The molecule has 0 radical (unpaired) electrons. The smallest absolute Gasteiger partial charge is 0.295 e. The maximum Gasteiger partial charge on any atom is 0.295 e. The van der Waals surface area contributed by atoms with Crippen molar-refractivity contribution in [1.29, 1.82) is 0 Å². The van der Waals surface area contributed by atoms with Gasteiger partial charge in [0.25, 0.3) is 6.43 Å². The van der Waals surface area contributed by atoms with Crippen LogP contribution in [-0.2, 0) is 7.05 Å². The van der Waals surface area contributed by atoms with Crippen molar-refractivity contribution in [3.05, 3.63) is 47.8 Å². The lowest BCUT2D eigenvalue weighted by molar-refractivity contribution is 0.140. The molecule has 12 heteroatoms. The Balaban J connectivity index is 1.80. The number of hydrogen-bond donors (Lipinski definition) is 1. The van der Waals surface area contributed by atoms with Crippen LogP contribution in [-0.4, -0.2) is 30.1 Å². The molecule has 0 saturated heterocycles. The molecule has 3 heterocycles. The lowest BCUT2D eigenvalue weighted by Gasteiger charge is -2.13. The minimum absolute atomic E-state index is 0.0252. The summed E-state index contributed by atoms with van der Waals surface area (Å²) in [7, 11) is 1.94. The van der Waals surface area contributed by atoms with Gasteiger partial charge in [-0.1, -0.05) is 17.7 Å². The average Bonchev–Trinajstić information content (AvgIpc) is 3.31. The van der Waals surface area contributed by atoms with E-state index in [9.17, 15) is 8.78 Å². The van der Waals surface area contributed by atoms with E-state index in [4.69, 9.17) is 11.6 Å².